The van der Waals surface area contributed by atoms with Crippen molar-refractivity contribution in [2.45, 2.75) is 26.8 Å². The molecule has 0 aliphatic carbocycles. The Bertz CT molecular complexity index is 494. The summed E-state index contributed by atoms with van der Waals surface area (Å²) < 4.78 is 5.45. The molecule has 1 aromatic rings. The Labute approximate surface area is 119 Å². The molecule has 1 amide bonds. The predicted octanol–water partition coefficient (Wildman–Crippen LogP) is 1.68. The molecule has 108 valence electrons. The molecular formula is C15H21N3O2. The highest BCUT2D eigenvalue weighted by Crippen LogP contribution is 2.22. The van der Waals surface area contributed by atoms with E-state index in [2.05, 4.69) is 30.5 Å². The van der Waals surface area contributed by atoms with Gasteiger partial charge >= 0.3 is 0 Å². The number of ether oxygens (including phenoxy) is 1. The summed E-state index contributed by atoms with van der Waals surface area (Å²) in [5.74, 6) is 0.389. The van der Waals surface area contributed by atoms with Crippen molar-refractivity contribution in [3.8, 4) is 11.8 Å². The lowest BCUT2D eigenvalue weighted by molar-refractivity contribution is -0.122. The Balaban J connectivity index is 2.60. The van der Waals surface area contributed by atoms with Crippen LogP contribution in [0.5, 0.6) is 5.75 Å². The van der Waals surface area contributed by atoms with E-state index in [-0.39, 0.29) is 25.1 Å². The number of amides is 1. The summed E-state index contributed by atoms with van der Waals surface area (Å²) >= 11 is 0. The fourth-order valence-electron chi connectivity index (χ4n) is 1.86. The van der Waals surface area contributed by atoms with Gasteiger partial charge < -0.3 is 15.4 Å². The number of nitrogens with zero attached hydrogens (tertiary/aromatic N) is 1. The third-order valence-electron chi connectivity index (χ3n) is 2.93. The van der Waals surface area contributed by atoms with Gasteiger partial charge in [-0.05, 0) is 37.6 Å². The molecule has 1 aromatic carbocycles. The van der Waals surface area contributed by atoms with Crippen LogP contribution in [0, 0.1) is 18.3 Å². The number of nitriles is 1. The van der Waals surface area contributed by atoms with E-state index in [0.717, 1.165) is 12.1 Å². The van der Waals surface area contributed by atoms with Gasteiger partial charge in [0.1, 0.15) is 12.3 Å². The molecule has 0 spiro atoms. The molecule has 5 heteroatoms. The van der Waals surface area contributed by atoms with E-state index in [4.69, 9.17) is 10.00 Å². The van der Waals surface area contributed by atoms with Crippen molar-refractivity contribution in [3.05, 3.63) is 29.3 Å². The Morgan fingerprint density at radius 2 is 2.25 bits per heavy atom. The smallest absolute Gasteiger partial charge is 0.258 e. The maximum Gasteiger partial charge on any atom is 0.258 e. The average Bonchev–Trinajstić information content (AvgIpc) is 2.43. The van der Waals surface area contributed by atoms with Crippen molar-refractivity contribution >= 4 is 5.91 Å². The van der Waals surface area contributed by atoms with Crippen LogP contribution in [0.3, 0.4) is 0 Å². The fourth-order valence-corrected chi connectivity index (χ4v) is 1.86. The van der Waals surface area contributed by atoms with Crippen LogP contribution in [0.25, 0.3) is 0 Å². The Morgan fingerprint density at radius 3 is 2.85 bits per heavy atom. The van der Waals surface area contributed by atoms with E-state index in [1.165, 1.54) is 5.56 Å². The summed E-state index contributed by atoms with van der Waals surface area (Å²) in [6, 6.07) is 8.04. The first kappa shape index (κ1) is 16.0. The molecule has 0 heterocycles. The van der Waals surface area contributed by atoms with E-state index >= 15 is 0 Å². The van der Waals surface area contributed by atoms with Gasteiger partial charge in [-0.25, -0.2) is 0 Å². The molecule has 0 saturated heterocycles. The van der Waals surface area contributed by atoms with E-state index in [1.807, 2.05) is 25.1 Å². The highest BCUT2D eigenvalue weighted by molar-refractivity contribution is 5.77. The second-order valence-corrected chi connectivity index (χ2v) is 4.53. The first-order valence-corrected chi connectivity index (χ1v) is 6.68. The number of carbonyl (C=O) groups is 1. The second kappa shape index (κ2) is 8.18. The van der Waals surface area contributed by atoms with Gasteiger partial charge in [0, 0.05) is 6.04 Å². The number of carbonyl (C=O) groups excluding carboxylic acids is 1. The lowest BCUT2D eigenvalue weighted by atomic mass is 10.1. The predicted molar refractivity (Wildman–Crippen MR) is 77.4 cm³/mol. The molecule has 5 nitrogen and oxygen atoms in total. The van der Waals surface area contributed by atoms with E-state index < -0.39 is 0 Å². The Hall–Kier alpha value is -2.06. The first-order chi connectivity index (χ1) is 9.58. The SMILES string of the molecule is CCNC(C)c1ccc(OCC(=O)NCC#N)c(C)c1. The monoisotopic (exact) mass is 275 g/mol. The summed E-state index contributed by atoms with van der Waals surface area (Å²) in [5, 5.41) is 14.1. The zero-order valence-electron chi connectivity index (χ0n) is 12.2. The molecule has 1 rings (SSSR count). The van der Waals surface area contributed by atoms with Crippen molar-refractivity contribution in [3.63, 3.8) is 0 Å². The summed E-state index contributed by atoms with van der Waals surface area (Å²) in [6.45, 7) is 6.96. The Morgan fingerprint density at radius 1 is 1.50 bits per heavy atom. The third kappa shape index (κ3) is 4.90. The number of rotatable bonds is 7. The van der Waals surface area contributed by atoms with Crippen molar-refractivity contribution in [2.75, 3.05) is 19.7 Å². The minimum absolute atomic E-state index is 0.000313. The van der Waals surface area contributed by atoms with E-state index in [0.29, 0.717) is 5.75 Å². The topological polar surface area (TPSA) is 74.2 Å². The second-order valence-electron chi connectivity index (χ2n) is 4.53. The minimum atomic E-state index is -0.295. The van der Waals surface area contributed by atoms with Crippen LogP contribution in [0.2, 0.25) is 0 Å². The van der Waals surface area contributed by atoms with E-state index in [1.54, 1.807) is 0 Å². The third-order valence-corrected chi connectivity index (χ3v) is 2.93. The lowest BCUT2D eigenvalue weighted by Crippen LogP contribution is -2.29. The number of aryl methyl sites for hydroxylation is 1. The normalized spacial score (nSPS) is 11.5. The molecule has 0 fully saturated rings. The van der Waals surface area contributed by atoms with Crippen molar-refractivity contribution in [1.82, 2.24) is 10.6 Å². The molecule has 1 atom stereocenters. The number of hydrogen-bond acceptors (Lipinski definition) is 4. The van der Waals surface area contributed by atoms with Crippen LogP contribution in [0.1, 0.15) is 31.0 Å². The molecule has 2 N–H and O–H groups in total. The van der Waals surface area contributed by atoms with Crippen molar-refractivity contribution in [2.24, 2.45) is 0 Å². The van der Waals surface area contributed by atoms with Gasteiger partial charge in [-0.3, -0.25) is 4.79 Å². The van der Waals surface area contributed by atoms with Crippen molar-refractivity contribution < 1.29 is 9.53 Å². The number of nitrogens with one attached hydrogen (secondary N) is 2. The zero-order valence-corrected chi connectivity index (χ0v) is 12.2. The maximum absolute atomic E-state index is 11.3. The largest absolute Gasteiger partial charge is 0.484 e. The summed E-state index contributed by atoms with van der Waals surface area (Å²) in [7, 11) is 0. The molecule has 0 aromatic heterocycles. The summed E-state index contributed by atoms with van der Waals surface area (Å²) in [4.78, 5) is 11.3. The molecule has 1 unspecified atom stereocenters. The van der Waals surface area contributed by atoms with Gasteiger partial charge in [-0.15, -0.1) is 0 Å². The van der Waals surface area contributed by atoms with Crippen LogP contribution < -0.4 is 15.4 Å². The molecular weight excluding hydrogens is 254 g/mol. The van der Waals surface area contributed by atoms with E-state index in [9.17, 15) is 4.79 Å². The molecule has 0 bridgehead atoms. The quantitative estimate of drug-likeness (QED) is 0.743. The van der Waals surface area contributed by atoms with Gasteiger partial charge in [-0.1, -0.05) is 19.1 Å². The van der Waals surface area contributed by atoms with Crippen LogP contribution in [0.15, 0.2) is 18.2 Å². The summed E-state index contributed by atoms with van der Waals surface area (Å²) in [6.07, 6.45) is 0. The lowest BCUT2D eigenvalue weighted by Gasteiger charge is -2.15. The molecule has 0 aliphatic rings. The number of benzene rings is 1. The van der Waals surface area contributed by atoms with Crippen LogP contribution >= 0.6 is 0 Å². The average molecular weight is 275 g/mol. The molecule has 0 saturated carbocycles. The molecule has 0 aliphatic heterocycles. The summed E-state index contributed by atoms with van der Waals surface area (Å²) in [5.41, 5.74) is 2.17. The highest BCUT2D eigenvalue weighted by Gasteiger charge is 2.08. The zero-order chi connectivity index (χ0) is 15.0. The van der Waals surface area contributed by atoms with Crippen molar-refractivity contribution in [1.29, 1.82) is 5.26 Å². The van der Waals surface area contributed by atoms with Crippen LogP contribution in [0.4, 0.5) is 0 Å². The van der Waals surface area contributed by atoms with Gasteiger partial charge in [0.2, 0.25) is 0 Å². The van der Waals surface area contributed by atoms with Crippen LogP contribution in [-0.4, -0.2) is 25.6 Å². The van der Waals surface area contributed by atoms with Gasteiger partial charge in [0.15, 0.2) is 6.61 Å². The van der Waals surface area contributed by atoms with Gasteiger partial charge in [0.05, 0.1) is 6.07 Å². The maximum atomic E-state index is 11.3. The standard InChI is InChI=1S/C15H21N3O2/c1-4-17-12(3)13-5-6-14(11(2)9-13)20-10-15(19)18-8-7-16/h5-6,9,12,17H,4,8,10H2,1-3H3,(H,18,19). The van der Waals surface area contributed by atoms with Crippen LogP contribution in [-0.2, 0) is 4.79 Å². The number of hydrogen-bond donors (Lipinski definition) is 2. The fraction of sp³-hybridized carbons (Fsp3) is 0.467. The Kier molecular flexibility index (Phi) is 6.54. The molecule has 20 heavy (non-hydrogen) atoms. The highest BCUT2D eigenvalue weighted by atomic mass is 16.5. The molecule has 0 radical (unpaired) electrons. The minimum Gasteiger partial charge on any atom is -0.484 e. The first-order valence-electron chi connectivity index (χ1n) is 6.68. The van der Waals surface area contributed by atoms with Gasteiger partial charge in [-0.2, -0.15) is 5.26 Å². The van der Waals surface area contributed by atoms with Gasteiger partial charge in [0.25, 0.3) is 5.91 Å².